The summed E-state index contributed by atoms with van der Waals surface area (Å²) in [6.07, 6.45) is 3.96. The second-order valence-electron chi connectivity index (χ2n) is 6.06. The van der Waals surface area contributed by atoms with Crippen molar-refractivity contribution in [2.45, 2.75) is 24.9 Å². The molecule has 0 N–H and O–H groups in total. The minimum Gasteiger partial charge on any atom is -0.497 e. The number of nitrogens with zero attached hydrogens (tertiary/aromatic N) is 4. The molecule has 1 aromatic carbocycles. The van der Waals surface area contributed by atoms with Gasteiger partial charge in [0.25, 0.3) is 0 Å². The maximum atomic E-state index is 12.4. The number of ether oxygens (including phenoxy) is 1. The number of amides is 1. The molecule has 2 aromatic rings. The average molecular weight is 346 g/mol. The van der Waals surface area contributed by atoms with Gasteiger partial charge in [0, 0.05) is 19.2 Å². The molecule has 1 amide bonds. The Bertz CT molecular complexity index is 703. The lowest BCUT2D eigenvalue weighted by molar-refractivity contribution is -0.130. The Kier molecular flexibility index (Phi) is 5.40. The fourth-order valence-electron chi connectivity index (χ4n) is 2.89. The molecule has 7 heteroatoms. The topological polar surface area (TPSA) is 60.2 Å². The number of hydrogen-bond acceptors (Lipinski definition) is 5. The van der Waals surface area contributed by atoms with Crippen LogP contribution in [0.3, 0.4) is 0 Å². The zero-order valence-electron chi connectivity index (χ0n) is 14.0. The molecular formula is C17H22N4O2S. The maximum Gasteiger partial charge on any atom is 0.233 e. The molecule has 1 unspecified atom stereocenters. The van der Waals surface area contributed by atoms with Crippen molar-refractivity contribution in [2.24, 2.45) is 5.92 Å². The first kappa shape index (κ1) is 16.8. The van der Waals surface area contributed by atoms with Gasteiger partial charge in [0.2, 0.25) is 5.91 Å². The highest BCUT2D eigenvalue weighted by Gasteiger charge is 2.21. The molecule has 0 spiro atoms. The molecule has 0 saturated carbocycles. The van der Waals surface area contributed by atoms with E-state index in [1.807, 2.05) is 33.7 Å². The van der Waals surface area contributed by atoms with E-state index < -0.39 is 0 Å². The van der Waals surface area contributed by atoms with Gasteiger partial charge in [-0.3, -0.25) is 9.36 Å². The SMILES string of the molecule is COc1cccc(-n2cnnc2SCC(=O)N2CCCC(C)C2)c1. The first-order chi connectivity index (χ1) is 11.7. The molecule has 3 rings (SSSR count). The summed E-state index contributed by atoms with van der Waals surface area (Å²) in [7, 11) is 1.64. The Labute approximate surface area is 146 Å². The van der Waals surface area contributed by atoms with E-state index in [-0.39, 0.29) is 5.91 Å². The van der Waals surface area contributed by atoms with Crippen molar-refractivity contribution in [1.29, 1.82) is 0 Å². The highest BCUT2D eigenvalue weighted by molar-refractivity contribution is 7.99. The Morgan fingerprint density at radius 2 is 2.33 bits per heavy atom. The van der Waals surface area contributed by atoms with Crippen LogP contribution in [0.5, 0.6) is 5.75 Å². The number of piperidine rings is 1. The lowest BCUT2D eigenvalue weighted by atomic mass is 10.0. The van der Waals surface area contributed by atoms with Gasteiger partial charge in [-0.05, 0) is 30.9 Å². The fraction of sp³-hybridized carbons (Fsp3) is 0.471. The van der Waals surface area contributed by atoms with Crippen LogP contribution in [0.15, 0.2) is 35.7 Å². The first-order valence-corrected chi connectivity index (χ1v) is 9.11. The van der Waals surface area contributed by atoms with Gasteiger partial charge in [0.05, 0.1) is 18.6 Å². The number of rotatable bonds is 5. The standard InChI is InChI=1S/C17H22N4O2S/c1-13-5-4-8-20(10-13)16(22)11-24-17-19-18-12-21(17)14-6-3-7-15(9-14)23-2/h3,6-7,9,12-13H,4-5,8,10-11H2,1-2H3. The largest absolute Gasteiger partial charge is 0.497 e. The normalized spacial score (nSPS) is 17.8. The summed E-state index contributed by atoms with van der Waals surface area (Å²) >= 11 is 1.42. The Morgan fingerprint density at radius 3 is 3.12 bits per heavy atom. The number of thioether (sulfide) groups is 1. The third-order valence-electron chi connectivity index (χ3n) is 4.18. The number of benzene rings is 1. The summed E-state index contributed by atoms with van der Waals surface area (Å²) in [5.41, 5.74) is 0.917. The fourth-order valence-corrected chi connectivity index (χ4v) is 3.73. The van der Waals surface area contributed by atoms with Crippen molar-refractivity contribution >= 4 is 17.7 Å². The van der Waals surface area contributed by atoms with Crippen LogP contribution in [0.1, 0.15) is 19.8 Å². The second kappa shape index (κ2) is 7.70. The van der Waals surface area contributed by atoms with Gasteiger partial charge in [-0.1, -0.05) is 24.8 Å². The van der Waals surface area contributed by atoms with Crippen LogP contribution < -0.4 is 4.74 Å². The molecule has 1 aliphatic heterocycles. The summed E-state index contributed by atoms with van der Waals surface area (Å²) in [5.74, 6) is 1.92. The summed E-state index contributed by atoms with van der Waals surface area (Å²) in [5, 5.41) is 8.84. The predicted molar refractivity (Wildman–Crippen MR) is 93.6 cm³/mol. The van der Waals surface area contributed by atoms with Crippen LogP contribution in [0, 0.1) is 5.92 Å². The van der Waals surface area contributed by atoms with Crippen LogP contribution in [-0.2, 0) is 4.79 Å². The van der Waals surface area contributed by atoms with Gasteiger partial charge in [-0.15, -0.1) is 10.2 Å². The number of hydrogen-bond donors (Lipinski definition) is 0. The minimum atomic E-state index is 0.173. The minimum absolute atomic E-state index is 0.173. The third-order valence-corrected chi connectivity index (χ3v) is 5.11. The Morgan fingerprint density at radius 1 is 1.46 bits per heavy atom. The molecule has 1 saturated heterocycles. The van der Waals surface area contributed by atoms with Gasteiger partial charge >= 0.3 is 0 Å². The van der Waals surface area contributed by atoms with Gasteiger partial charge < -0.3 is 9.64 Å². The molecular weight excluding hydrogens is 324 g/mol. The Balaban J connectivity index is 1.66. The molecule has 0 bridgehead atoms. The number of methoxy groups -OCH3 is 1. The van der Waals surface area contributed by atoms with Crippen LogP contribution in [0.25, 0.3) is 5.69 Å². The average Bonchev–Trinajstić information content (AvgIpc) is 3.08. The molecule has 128 valence electrons. The maximum absolute atomic E-state index is 12.4. The highest BCUT2D eigenvalue weighted by atomic mass is 32.2. The highest BCUT2D eigenvalue weighted by Crippen LogP contribution is 2.23. The van der Waals surface area contributed by atoms with Crippen LogP contribution >= 0.6 is 11.8 Å². The number of aromatic nitrogens is 3. The summed E-state index contributed by atoms with van der Waals surface area (Å²) in [6.45, 7) is 3.93. The van der Waals surface area contributed by atoms with Crippen LogP contribution in [0.4, 0.5) is 0 Å². The lowest BCUT2D eigenvalue weighted by Gasteiger charge is -2.30. The predicted octanol–water partition coefficient (Wildman–Crippen LogP) is 2.63. The van der Waals surface area contributed by atoms with Crippen molar-refractivity contribution in [3.05, 3.63) is 30.6 Å². The van der Waals surface area contributed by atoms with Crippen LogP contribution in [0.2, 0.25) is 0 Å². The second-order valence-corrected chi connectivity index (χ2v) is 7.00. The van der Waals surface area contributed by atoms with Crippen molar-refractivity contribution in [3.63, 3.8) is 0 Å². The molecule has 2 heterocycles. The van der Waals surface area contributed by atoms with Gasteiger partial charge in [-0.2, -0.15) is 0 Å². The van der Waals surface area contributed by atoms with E-state index in [4.69, 9.17) is 4.74 Å². The molecule has 1 fully saturated rings. The number of carbonyl (C=O) groups is 1. The van der Waals surface area contributed by atoms with Crippen molar-refractivity contribution in [2.75, 3.05) is 26.0 Å². The zero-order valence-corrected chi connectivity index (χ0v) is 14.8. The van der Waals surface area contributed by atoms with E-state index in [1.165, 1.54) is 18.2 Å². The van der Waals surface area contributed by atoms with Crippen molar-refractivity contribution in [3.8, 4) is 11.4 Å². The van der Waals surface area contributed by atoms with E-state index >= 15 is 0 Å². The van der Waals surface area contributed by atoms with Crippen LogP contribution in [-0.4, -0.2) is 51.5 Å². The van der Waals surface area contributed by atoms with Crippen molar-refractivity contribution < 1.29 is 9.53 Å². The smallest absolute Gasteiger partial charge is 0.233 e. The summed E-state index contributed by atoms with van der Waals surface area (Å²) in [4.78, 5) is 14.4. The van der Waals surface area contributed by atoms with Gasteiger partial charge in [-0.25, -0.2) is 0 Å². The number of carbonyl (C=O) groups excluding carboxylic acids is 1. The monoisotopic (exact) mass is 346 g/mol. The van der Waals surface area contributed by atoms with E-state index in [1.54, 1.807) is 13.4 Å². The Hall–Kier alpha value is -2.02. The number of likely N-dealkylation sites (tertiary alicyclic amines) is 1. The van der Waals surface area contributed by atoms with Gasteiger partial charge in [0.1, 0.15) is 12.1 Å². The molecule has 6 nitrogen and oxygen atoms in total. The lowest BCUT2D eigenvalue weighted by Crippen LogP contribution is -2.40. The summed E-state index contributed by atoms with van der Waals surface area (Å²) < 4.78 is 7.13. The molecule has 0 aliphatic carbocycles. The molecule has 24 heavy (non-hydrogen) atoms. The van der Waals surface area contributed by atoms with E-state index in [9.17, 15) is 4.79 Å². The van der Waals surface area contributed by atoms with E-state index in [0.717, 1.165) is 30.9 Å². The molecule has 0 radical (unpaired) electrons. The zero-order chi connectivity index (χ0) is 16.9. The first-order valence-electron chi connectivity index (χ1n) is 8.12. The van der Waals surface area contributed by atoms with E-state index in [0.29, 0.717) is 16.8 Å². The summed E-state index contributed by atoms with van der Waals surface area (Å²) in [6, 6.07) is 7.69. The molecule has 1 aliphatic rings. The molecule has 1 aromatic heterocycles. The quantitative estimate of drug-likeness (QED) is 0.779. The van der Waals surface area contributed by atoms with E-state index in [2.05, 4.69) is 17.1 Å². The third kappa shape index (κ3) is 3.90. The van der Waals surface area contributed by atoms with Gasteiger partial charge in [0.15, 0.2) is 5.16 Å². The molecule has 1 atom stereocenters. The van der Waals surface area contributed by atoms with Crippen molar-refractivity contribution in [1.82, 2.24) is 19.7 Å².